The number of rotatable bonds is 6. The normalized spacial score (nSPS) is 31.7. The molecule has 2 aromatic carbocycles. The van der Waals surface area contributed by atoms with Gasteiger partial charge in [-0.3, -0.25) is 0 Å². The number of carbonyl (C=O) groups excluding carboxylic acids is 1. The van der Waals surface area contributed by atoms with Gasteiger partial charge in [-0.25, -0.2) is 4.79 Å². The summed E-state index contributed by atoms with van der Waals surface area (Å²) in [4.78, 5) is 13.6. The highest BCUT2D eigenvalue weighted by Gasteiger charge is 2.67. The summed E-state index contributed by atoms with van der Waals surface area (Å²) in [7, 11) is 4.26. The molecule has 2 fully saturated rings. The summed E-state index contributed by atoms with van der Waals surface area (Å²) in [5.74, 6) is 0.646. The maximum absolute atomic E-state index is 14.6. The summed E-state index contributed by atoms with van der Waals surface area (Å²) in [5, 5.41) is 0. The topological polar surface area (TPSA) is 54.0 Å². The Morgan fingerprint density at radius 1 is 0.902 bits per heavy atom. The molecule has 224 valence electrons. The third kappa shape index (κ3) is 4.18. The zero-order valence-corrected chi connectivity index (χ0v) is 25.0. The molecule has 5 nitrogen and oxygen atoms in total. The van der Waals surface area contributed by atoms with Crippen LogP contribution in [0.3, 0.4) is 0 Å². The molecule has 2 saturated carbocycles. The van der Waals surface area contributed by atoms with Gasteiger partial charge in [-0.1, -0.05) is 58.0 Å². The van der Waals surface area contributed by atoms with E-state index in [2.05, 4.69) is 19.9 Å². The third-order valence-electron chi connectivity index (χ3n) is 11.0. The molecule has 0 amide bonds. The van der Waals surface area contributed by atoms with Crippen molar-refractivity contribution in [3.8, 4) is 11.5 Å². The Morgan fingerprint density at radius 3 is 2.17 bits per heavy atom. The highest BCUT2D eigenvalue weighted by Crippen LogP contribution is 2.69. The fourth-order valence-electron chi connectivity index (χ4n) is 9.05. The van der Waals surface area contributed by atoms with E-state index < -0.39 is 29.3 Å². The molecule has 6 atom stereocenters. The molecule has 0 radical (unpaired) electrons. The van der Waals surface area contributed by atoms with Gasteiger partial charge in [0.1, 0.15) is 17.6 Å². The van der Waals surface area contributed by atoms with Gasteiger partial charge >= 0.3 is 12.1 Å². The lowest BCUT2D eigenvalue weighted by molar-refractivity contribution is -0.282. The molecule has 0 heterocycles. The van der Waals surface area contributed by atoms with Gasteiger partial charge < -0.3 is 18.9 Å². The summed E-state index contributed by atoms with van der Waals surface area (Å²) in [6.45, 7) is 8.75. The van der Waals surface area contributed by atoms with E-state index in [1.54, 1.807) is 20.3 Å². The van der Waals surface area contributed by atoms with E-state index in [-0.39, 0.29) is 22.3 Å². The number of hydrogen-bond acceptors (Lipinski definition) is 5. The van der Waals surface area contributed by atoms with Crippen molar-refractivity contribution in [2.45, 2.75) is 83.1 Å². The second-order valence-corrected chi connectivity index (χ2v) is 13.1. The van der Waals surface area contributed by atoms with Crippen LogP contribution in [0.25, 0.3) is 0 Å². The molecule has 2 aromatic rings. The Bertz CT molecular complexity index is 1310. The molecule has 0 unspecified atom stereocenters. The number of ether oxygens (including phenoxy) is 4. The van der Waals surface area contributed by atoms with Crippen LogP contribution in [-0.2, 0) is 31.7 Å². The van der Waals surface area contributed by atoms with E-state index in [1.807, 2.05) is 19.9 Å². The lowest BCUT2D eigenvalue weighted by atomic mass is 9.43. The van der Waals surface area contributed by atoms with E-state index >= 15 is 0 Å². The van der Waals surface area contributed by atoms with Crippen LogP contribution in [0.2, 0.25) is 0 Å². The maximum Gasteiger partial charge on any atom is 0.432 e. The van der Waals surface area contributed by atoms with Crippen molar-refractivity contribution >= 4 is 5.97 Å². The zero-order valence-electron chi connectivity index (χ0n) is 25.0. The second kappa shape index (κ2) is 9.92. The summed E-state index contributed by atoms with van der Waals surface area (Å²) < 4.78 is 66.0. The Labute approximate surface area is 240 Å². The number of esters is 1. The third-order valence-corrected chi connectivity index (χ3v) is 11.0. The standard InChI is InChI=1S/C33H41F3O5/c1-29(2)24-13-15-31(4)25(18-20-17-22(38-5)19-23(39-6)27(20)31)30(24,3)16-14-26(29)41-28(37)32(40-7,33(34,35)36)21-11-9-8-10-12-21/h8-12,17,19,24-26H,13-16,18H2,1-7H3/t24-,25+,26-,30-,31+,32+/m0/s1. The highest BCUT2D eigenvalue weighted by atomic mass is 19.4. The minimum absolute atomic E-state index is 0.105. The van der Waals surface area contributed by atoms with E-state index in [9.17, 15) is 18.0 Å². The molecule has 0 aliphatic heterocycles. The van der Waals surface area contributed by atoms with Crippen molar-refractivity contribution in [3.05, 3.63) is 59.2 Å². The fraction of sp³-hybridized carbons (Fsp3) is 0.606. The first-order valence-corrected chi connectivity index (χ1v) is 14.3. The van der Waals surface area contributed by atoms with Gasteiger partial charge in [0.15, 0.2) is 0 Å². The van der Waals surface area contributed by atoms with E-state index in [1.165, 1.54) is 35.4 Å². The minimum Gasteiger partial charge on any atom is -0.497 e. The summed E-state index contributed by atoms with van der Waals surface area (Å²) in [6, 6.07) is 11.1. The van der Waals surface area contributed by atoms with Crippen molar-refractivity contribution in [2.24, 2.45) is 22.7 Å². The molecular formula is C33H41F3O5. The Morgan fingerprint density at radius 2 is 1.59 bits per heavy atom. The van der Waals surface area contributed by atoms with Crippen LogP contribution in [0.4, 0.5) is 13.2 Å². The fourth-order valence-corrected chi connectivity index (χ4v) is 9.05. The monoisotopic (exact) mass is 574 g/mol. The average molecular weight is 575 g/mol. The van der Waals surface area contributed by atoms with Crippen LogP contribution < -0.4 is 9.47 Å². The summed E-state index contributed by atoms with van der Waals surface area (Å²) >= 11 is 0. The van der Waals surface area contributed by atoms with E-state index in [4.69, 9.17) is 18.9 Å². The van der Waals surface area contributed by atoms with Gasteiger partial charge in [0, 0.05) is 35.1 Å². The molecule has 0 bridgehead atoms. The smallest absolute Gasteiger partial charge is 0.432 e. The Hall–Kier alpha value is -2.74. The Balaban J connectivity index is 1.46. The quantitative estimate of drug-likeness (QED) is 0.337. The minimum atomic E-state index is -5.00. The molecule has 0 N–H and O–H groups in total. The van der Waals surface area contributed by atoms with Crippen LogP contribution in [0, 0.1) is 22.7 Å². The molecule has 0 spiro atoms. The number of alkyl halides is 3. The van der Waals surface area contributed by atoms with Gasteiger partial charge in [-0.15, -0.1) is 0 Å². The molecule has 41 heavy (non-hydrogen) atoms. The molecule has 0 aromatic heterocycles. The number of halogens is 3. The largest absolute Gasteiger partial charge is 0.497 e. The second-order valence-electron chi connectivity index (χ2n) is 13.1. The highest BCUT2D eigenvalue weighted by molar-refractivity contribution is 5.83. The van der Waals surface area contributed by atoms with Crippen LogP contribution in [0.5, 0.6) is 11.5 Å². The number of hydrogen-bond donors (Lipinski definition) is 0. The molecule has 8 heteroatoms. The van der Waals surface area contributed by atoms with Crippen molar-refractivity contribution in [1.29, 1.82) is 0 Å². The molecule has 3 aliphatic carbocycles. The molecule has 0 saturated heterocycles. The number of methoxy groups -OCH3 is 3. The van der Waals surface area contributed by atoms with Crippen molar-refractivity contribution < 1.29 is 36.9 Å². The molecular weight excluding hydrogens is 533 g/mol. The first-order valence-electron chi connectivity index (χ1n) is 14.3. The molecule has 5 rings (SSSR count). The van der Waals surface area contributed by atoms with E-state index in [0.717, 1.165) is 44.3 Å². The van der Waals surface area contributed by atoms with Crippen LogP contribution >= 0.6 is 0 Å². The SMILES string of the molecule is COc1cc2c(c(OC)c1)[C@]1(C)CC[C@H]3C(C)(C)[C@@H](OC(=O)[C@](OC)(c4ccccc4)C(F)(F)F)CC[C@]3(C)[C@H]1C2. The summed E-state index contributed by atoms with van der Waals surface area (Å²) in [5.41, 5.74) is -1.78. The maximum atomic E-state index is 14.6. The first kappa shape index (κ1) is 29.7. The first-order chi connectivity index (χ1) is 19.2. The van der Waals surface area contributed by atoms with Crippen molar-refractivity contribution in [2.75, 3.05) is 21.3 Å². The predicted molar refractivity (Wildman–Crippen MR) is 149 cm³/mol. The van der Waals surface area contributed by atoms with Gasteiger partial charge in [0.25, 0.3) is 5.60 Å². The summed E-state index contributed by atoms with van der Waals surface area (Å²) in [6.07, 6.45) is -1.82. The predicted octanol–water partition coefficient (Wildman–Crippen LogP) is 7.39. The van der Waals surface area contributed by atoms with Gasteiger partial charge in [-0.05, 0) is 61.0 Å². The average Bonchev–Trinajstić information content (AvgIpc) is 3.24. The van der Waals surface area contributed by atoms with Crippen LogP contribution in [0.1, 0.15) is 70.1 Å². The number of fused-ring (bicyclic) bond motifs is 5. The van der Waals surface area contributed by atoms with Gasteiger partial charge in [0.2, 0.25) is 0 Å². The molecule has 3 aliphatic rings. The number of carbonyl (C=O) groups is 1. The van der Waals surface area contributed by atoms with Gasteiger partial charge in [-0.2, -0.15) is 13.2 Å². The van der Waals surface area contributed by atoms with Gasteiger partial charge in [0.05, 0.1) is 14.2 Å². The van der Waals surface area contributed by atoms with E-state index in [0.29, 0.717) is 12.3 Å². The number of benzene rings is 2. The van der Waals surface area contributed by atoms with Crippen molar-refractivity contribution in [1.82, 2.24) is 0 Å². The lowest BCUT2D eigenvalue weighted by Gasteiger charge is -2.62. The van der Waals surface area contributed by atoms with Crippen LogP contribution in [0.15, 0.2) is 42.5 Å². The lowest BCUT2D eigenvalue weighted by Crippen LogP contribution is -2.60. The zero-order chi connectivity index (χ0) is 30.0. The van der Waals surface area contributed by atoms with Crippen LogP contribution in [-0.4, -0.2) is 39.6 Å². The Kier molecular flexibility index (Phi) is 7.20. The van der Waals surface area contributed by atoms with Crippen molar-refractivity contribution in [3.63, 3.8) is 0 Å².